The van der Waals surface area contributed by atoms with Gasteiger partial charge in [-0.05, 0) is 37.1 Å². The van der Waals surface area contributed by atoms with Crippen LogP contribution in [0.25, 0.3) is 0 Å². The molecule has 1 aromatic carbocycles. The largest absolute Gasteiger partial charge is 0.486 e. The molecule has 0 saturated heterocycles. The number of ether oxygens (including phenoxy) is 2. The van der Waals surface area contributed by atoms with E-state index in [0.29, 0.717) is 13.2 Å². The van der Waals surface area contributed by atoms with Gasteiger partial charge in [0, 0.05) is 12.0 Å². The van der Waals surface area contributed by atoms with Crippen molar-refractivity contribution >= 4 is 0 Å². The molecule has 0 amide bonds. The lowest BCUT2D eigenvalue weighted by Crippen LogP contribution is -2.37. The Morgan fingerprint density at radius 1 is 1.05 bits per heavy atom. The Bertz CT molecular complexity index is 413. The quantitative estimate of drug-likeness (QED) is 0.855. The average Bonchev–Trinajstić information content (AvgIpc) is 2.49. The van der Waals surface area contributed by atoms with Crippen LogP contribution in [-0.4, -0.2) is 26.3 Å². The van der Waals surface area contributed by atoms with Gasteiger partial charge in [-0.25, -0.2) is 0 Å². The normalized spacial score (nSPS) is 14.5. The van der Waals surface area contributed by atoms with E-state index in [-0.39, 0.29) is 5.41 Å². The van der Waals surface area contributed by atoms with Crippen molar-refractivity contribution in [2.75, 3.05) is 26.3 Å². The zero-order valence-corrected chi connectivity index (χ0v) is 12.3. The number of nitrogens with one attached hydrogen (secondary N) is 1. The lowest BCUT2D eigenvalue weighted by atomic mass is 9.75. The second-order valence-corrected chi connectivity index (χ2v) is 5.13. The molecule has 1 aliphatic heterocycles. The minimum absolute atomic E-state index is 0.186. The number of rotatable bonds is 6. The van der Waals surface area contributed by atoms with Gasteiger partial charge in [0.1, 0.15) is 13.2 Å². The van der Waals surface area contributed by atoms with Crippen molar-refractivity contribution in [3.05, 3.63) is 23.8 Å². The van der Waals surface area contributed by atoms with Crippen molar-refractivity contribution in [2.24, 2.45) is 0 Å². The number of benzene rings is 1. The molecule has 1 N–H and O–H groups in total. The average molecular weight is 263 g/mol. The molecule has 1 aliphatic rings. The van der Waals surface area contributed by atoms with E-state index in [1.807, 2.05) is 0 Å². The zero-order chi connectivity index (χ0) is 13.7. The highest BCUT2D eigenvalue weighted by atomic mass is 16.6. The summed E-state index contributed by atoms with van der Waals surface area (Å²) in [6.07, 6.45) is 2.24. The highest BCUT2D eigenvalue weighted by Crippen LogP contribution is 2.38. The number of likely N-dealkylation sites (N-methyl/N-ethyl adjacent to an activating group) is 1. The smallest absolute Gasteiger partial charge is 0.161 e. The molecule has 0 saturated carbocycles. The predicted molar refractivity (Wildman–Crippen MR) is 78.2 cm³/mol. The first kappa shape index (κ1) is 14.2. The van der Waals surface area contributed by atoms with Crippen molar-refractivity contribution in [1.82, 2.24) is 5.32 Å². The summed E-state index contributed by atoms with van der Waals surface area (Å²) in [4.78, 5) is 0. The lowest BCUT2D eigenvalue weighted by molar-refractivity contribution is 0.171. The van der Waals surface area contributed by atoms with Gasteiger partial charge in [-0.3, -0.25) is 0 Å². The Hall–Kier alpha value is -1.22. The summed E-state index contributed by atoms with van der Waals surface area (Å²) in [7, 11) is 0. The molecular formula is C16H25NO2. The molecule has 0 fully saturated rings. The van der Waals surface area contributed by atoms with Crippen LogP contribution in [0, 0.1) is 0 Å². The SMILES string of the molecule is CCNCC(CC)(CC)c1ccc2c(c1)OCCO2. The molecule has 1 aromatic rings. The van der Waals surface area contributed by atoms with Crippen LogP contribution in [0.4, 0.5) is 0 Å². The third-order valence-corrected chi connectivity index (χ3v) is 4.22. The molecule has 0 bridgehead atoms. The van der Waals surface area contributed by atoms with Gasteiger partial charge in [-0.15, -0.1) is 0 Å². The maximum atomic E-state index is 5.71. The second kappa shape index (κ2) is 6.29. The summed E-state index contributed by atoms with van der Waals surface area (Å²) in [5, 5.41) is 3.50. The topological polar surface area (TPSA) is 30.5 Å². The van der Waals surface area contributed by atoms with Crippen LogP contribution in [0.15, 0.2) is 18.2 Å². The molecule has 0 aromatic heterocycles. The summed E-state index contributed by atoms with van der Waals surface area (Å²) in [5.74, 6) is 1.77. The van der Waals surface area contributed by atoms with E-state index in [1.165, 1.54) is 5.56 Å². The Kier molecular flexibility index (Phi) is 4.70. The molecule has 0 atom stereocenters. The van der Waals surface area contributed by atoms with E-state index in [4.69, 9.17) is 9.47 Å². The monoisotopic (exact) mass is 263 g/mol. The first-order chi connectivity index (χ1) is 9.25. The predicted octanol–water partition coefficient (Wildman–Crippen LogP) is 3.13. The Morgan fingerprint density at radius 3 is 2.37 bits per heavy atom. The molecule has 1 heterocycles. The summed E-state index contributed by atoms with van der Waals surface area (Å²) in [6.45, 7) is 9.99. The maximum absolute atomic E-state index is 5.71. The number of fused-ring (bicyclic) bond motifs is 1. The van der Waals surface area contributed by atoms with Crippen molar-refractivity contribution in [3.8, 4) is 11.5 Å². The molecule has 0 spiro atoms. The molecule has 0 unspecified atom stereocenters. The van der Waals surface area contributed by atoms with Crippen molar-refractivity contribution in [2.45, 2.75) is 39.0 Å². The van der Waals surface area contributed by atoms with Gasteiger partial charge in [-0.2, -0.15) is 0 Å². The third kappa shape index (κ3) is 2.86. The summed E-state index contributed by atoms with van der Waals surface area (Å²) < 4.78 is 11.3. The summed E-state index contributed by atoms with van der Waals surface area (Å²) >= 11 is 0. The molecule has 0 aliphatic carbocycles. The van der Waals surface area contributed by atoms with Gasteiger partial charge in [0.25, 0.3) is 0 Å². The first-order valence-corrected chi connectivity index (χ1v) is 7.36. The minimum Gasteiger partial charge on any atom is -0.486 e. The van der Waals surface area contributed by atoms with Crippen molar-refractivity contribution in [1.29, 1.82) is 0 Å². The third-order valence-electron chi connectivity index (χ3n) is 4.22. The van der Waals surface area contributed by atoms with Gasteiger partial charge in [0.15, 0.2) is 11.5 Å². The van der Waals surface area contributed by atoms with E-state index < -0.39 is 0 Å². The zero-order valence-electron chi connectivity index (χ0n) is 12.3. The molecule has 0 radical (unpaired) electrons. The van der Waals surface area contributed by atoms with E-state index in [9.17, 15) is 0 Å². The molecular weight excluding hydrogens is 238 g/mol. The van der Waals surface area contributed by atoms with Gasteiger partial charge in [0.05, 0.1) is 0 Å². The summed E-state index contributed by atoms with van der Waals surface area (Å²) in [5.41, 5.74) is 1.54. The number of hydrogen-bond donors (Lipinski definition) is 1. The van der Waals surface area contributed by atoms with E-state index in [1.54, 1.807) is 0 Å². The Morgan fingerprint density at radius 2 is 1.74 bits per heavy atom. The van der Waals surface area contributed by atoms with E-state index in [0.717, 1.165) is 37.4 Å². The fraction of sp³-hybridized carbons (Fsp3) is 0.625. The van der Waals surface area contributed by atoms with Crippen LogP contribution in [-0.2, 0) is 5.41 Å². The van der Waals surface area contributed by atoms with Crippen LogP contribution in [0.1, 0.15) is 39.2 Å². The first-order valence-electron chi connectivity index (χ1n) is 7.36. The highest BCUT2D eigenvalue weighted by molar-refractivity contribution is 5.46. The maximum Gasteiger partial charge on any atom is 0.161 e. The van der Waals surface area contributed by atoms with Gasteiger partial charge >= 0.3 is 0 Å². The highest BCUT2D eigenvalue weighted by Gasteiger charge is 2.29. The van der Waals surface area contributed by atoms with Crippen LogP contribution < -0.4 is 14.8 Å². The fourth-order valence-electron chi connectivity index (χ4n) is 2.75. The summed E-state index contributed by atoms with van der Waals surface area (Å²) in [6, 6.07) is 6.41. The Labute approximate surface area is 116 Å². The van der Waals surface area contributed by atoms with Crippen LogP contribution in [0.3, 0.4) is 0 Å². The Balaban J connectivity index is 2.30. The van der Waals surface area contributed by atoms with E-state index >= 15 is 0 Å². The van der Waals surface area contributed by atoms with Crippen molar-refractivity contribution in [3.63, 3.8) is 0 Å². The lowest BCUT2D eigenvalue weighted by Gasteiger charge is -2.33. The standard InChI is InChI=1S/C16H25NO2/c1-4-16(5-2,12-17-6-3)13-7-8-14-15(11-13)19-10-9-18-14/h7-8,11,17H,4-6,9-10,12H2,1-3H3. The van der Waals surface area contributed by atoms with Crippen LogP contribution in [0.2, 0.25) is 0 Å². The van der Waals surface area contributed by atoms with Gasteiger partial charge in [-0.1, -0.05) is 26.8 Å². The van der Waals surface area contributed by atoms with E-state index in [2.05, 4.69) is 44.3 Å². The van der Waals surface area contributed by atoms with Crippen molar-refractivity contribution < 1.29 is 9.47 Å². The second-order valence-electron chi connectivity index (χ2n) is 5.13. The number of hydrogen-bond acceptors (Lipinski definition) is 3. The molecule has 3 nitrogen and oxygen atoms in total. The molecule has 2 rings (SSSR count). The van der Waals surface area contributed by atoms with Crippen LogP contribution >= 0.6 is 0 Å². The minimum atomic E-state index is 0.186. The molecule has 3 heteroatoms. The molecule has 106 valence electrons. The van der Waals surface area contributed by atoms with Gasteiger partial charge < -0.3 is 14.8 Å². The van der Waals surface area contributed by atoms with Crippen LogP contribution in [0.5, 0.6) is 11.5 Å². The fourth-order valence-corrected chi connectivity index (χ4v) is 2.75. The molecule has 19 heavy (non-hydrogen) atoms. The van der Waals surface area contributed by atoms with Gasteiger partial charge in [0.2, 0.25) is 0 Å².